The lowest BCUT2D eigenvalue weighted by atomic mass is 9.56. The largest absolute Gasteiger partial charge is 0.316 e. The molecule has 3 rings (SSSR count). The fourth-order valence-electron chi connectivity index (χ4n) is 4.07. The maximum absolute atomic E-state index is 3.68. The van der Waals surface area contributed by atoms with E-state index in [9.17, 15) is 0 Å². The van der Waals surface area contributed by atoms with Gasteiger partial charge in [0.1, 0.15) is 0 Å². The molecular formula is C19H29N. The Balaban J connectivity index is 1.75. The van der Waals surface area contributed by atoms with Gasteiger partial charge in [0.2, 0.25) is 0 Å². The van der Waals surface area contributed by atoms with Gasteiger partial charge in [0.25, 0.3) is 0 Å². The van der Waals surface area contributed by atoms with Gasteiger partial charge in [-0.05, 0) is 61.1 Å². The third-order valence-electron chi connectivity index (χ3n) is 5.46. The summed E-state index contributed by atoms with van der Waals surface area (Å²) in [5.41, 5.74) is 4.22. The van der Waals surface area contributed by atoms with Crippen LogP contribution in [-0.4, -0.2) is 13.1 Å². The van der Waals surface area contributed by atoms with E-state index < -0.39 is 0 Å². The molecule has 0 aliphatic heterocycles. The molecule has 0 amide bonds. The predicted octanol–water partition coefficient (Wildman–Crippen LogP) is 4.62. The van der Waals surface area contributed by atoms with Crippen molar-refractivity contribution in [2.75, 3.05) is 13.1 Å². The van der Waals surface area contributed by atoms with Crippen LogP contribution in [0.15, 0.2) is 24.3 Å². The zero-order valence-electron chi connectivity index (χ0n) is 13.3. The van der Waals surface area contributed by atoms with Gasteiger partial charge in [0.05, 0.1) is 0 Å². The standard InChI is InChI=1S/C19H29N/c1-4-11-20-14-19(12-18(13-19)9-10-18)17-7-5-16(6-8-17)15(2)3/h5-8,15,20H,4,9-14H2,1-3H3. The van der Waals surface area contributed by atoms with Crippen molar-refractivity contribution in [3.05, 3.63) is 35.4 Å². The monoisotopic (exact) mass is 271 g/mol. The van der Waals surface area contributed by atoms with Gasteiger partial charge in [-0.3, -0.25) is 0 Å². The van der Waals surface area contributed by atoms with Crippen LogP contribution in [0.3, 0.4) is 0 Å². The van der Waals surface area contributed by atoms with Gasteiger partial charge in [0, 0.05) is 12.0 Å². The number of hydrogen-bond acceptors (Lipinski definition) is 1. The molecule has 0 bridgehead atoms. The molecule has 2 aliphatic carbocycles. The van der Waals surface area contributed by atoms with E-state index in [0.717, 1.165) is 12.0 Å². The molecule has 0 radical (unpaired) electrons. The Bertz CT molecular complexity index is 445. The van der Waals surface area contributed by atoms with Gasteiger partial charge < -0.3 is 5.32 Å². The first-order valence-electron chi connectivity index (χ1n) is 8.40. The molecule has 1 N–H and O–H groups in total. The van der Waals surface area contributed by atoms with Crippen molar-refractivity contribution in [2.24, 2.45) is 5.41 Å². The predicted molar refractivity (Wildman–Crippen MR) is 86.3 cm³/mol. The molecule has 0 unspecified atom stereocenters. The molecule has 20 heavy (non-hydrogen) atoms. The van der Waals surface area contributed by atoms with Crippen LogP contribution >= 0.6 is 0 Å². The van der Waals surface area contributed by atoms with Crippen LogP contribution < -0.4 is 5.32 Å². The van der Waals surface area contributed by atoms with Crippen LogP contribution in [0.25, 0.3) is 0 Å². The highest BCUT2D eigenvalue weighted by Gasteiger charge is 2.60. The van der Waals surface area contributed by atoms with E-state index >= 15 is 0 Å². The zero-order chi connectivity index (χ0) is 14.2. The number of rotatable bonds is 6. The van der Waals surface area contributed by atoms with Gasteiger partial charge in [-0.2, -0.15) is 0 Å². The highest BCUT2D eigenvalue weighted by atomic mass is 14.9. The van der Waals surface area contributed by atoms with Gasteiger partial charge in [-0.25, -0.2) is 0 Å². The average molecular weight is 271 g/mol. The molecule has 1 nitrogen and oxygen atoms in total. The van der Waals surface area contributed by atoms with Crippen LogP contribution in [0.4, 0.5) is 0 Å². The molecule has 1 aromatic carbocycles. The van der Waals surface area contributed by atoms with Crippen molar-refractivity contribution in [1.82, 2.24) is 5.32 Å². The second-order valence-corrected chi connectivity index (χ2v) is 7.59. The molecular weight excluding hydrogens is 242 g/mol. The Kier molecular flexibility index (Phi) is 3.66. The van der Waals surface area contributed by atoms with E-state index in [2.05, 4.69) is 50.4 Å². The molecule has 0 heterocycles. The van der Waals surface area contributed by atoms with Crippen molar-refractivity contribution in [2.45, 2.75) is 64.2 Å². The minimum atomic E-state index is 0.432. The van der Waals surface area contributed by atoms with Crippen molar-refractivity contribution in [1.29, 1.82) is 0 Å². The first-order chi connectivity index (χ1) is 9.59. The smallest absolute Gasteiger partial charge is 0.00883 e. The molecule has 2 aliphatic rings. The lowest BCUT2D eigenvalue weighted by Crippen LogP contribution is -2.49. The Labute approximate surface area is 124 Å². The van der Waals surface area contributed by atoms with E-state index in [4.69, 9.17) is 0 Å². The van der Waals surface area contributed by atoms with Gasteiger partial charge in [-0.1, -0.05) is 45.0 Å². The topological polar surface area (TPSA) is 12.0 Å². The van der Waals surface area contributed by atoms with E-state index in [1.807, 2.05) is 0 Å². The van der Waals surface area contributed by atoms with Gasteiger partial charge >= 0.3 is 0 Å². The zero-order valence-corrected chi connectivity index (χ0v) is 13.3. The molecule has 110 valence electrons. The molecule has 2 saturated carbocycles. The molecule has 1 aromatic rings. The van der Waals surface area contributed by atoms with Crippen LogP contribution in [-0.2, 0) is 5.41 Å². The van der Waals surface area contributed by atoms with Crippen LogP contribution in [0.2, 0.25) is 0 Å². The first-order valence-corrected chi connectivity index (χ1v) is 8.40. The van der Waals surface area contributed by atoms with Crippen LogP contribution in [0, 0.1) is 5.41 Å². The summed E-state index contributed by atoms with van der Waals surface area (Å²) >= 11 is 0. The van der Waals surface area contributed by atoms with Crippen LogP contribution in [0.1, 0.15) is 69.9 Å². The summed E-state index contributed by atoms with van der Waals surface area (Å²) < 4.78 is 0. The van der Waals surface area contributed by atoms with Gasteiger partial charge in [0.15, 0.2) is 0 Å². The maximum Gasteiger partial charge on any atom is 0.00883 e. The van der Waals surface area contributed by atoms with E-state index in [1.165, 1.54) is 44.2 Å². The lowest BCUT2D eigenvalue weighted by Gasteiger charge is -2.50. The first kappa shape index (κ1) is 14.1. The minimum absolute atomic E-state index is 0.432. The SMILES string of the molecule is CCCNCC1(c2ccc(C(C)C)cc2)CC2(CC2)C1. The normalized spacial score (nSPS) is 22.0. The van der Waals surface area contributed by atoms with E-state index in [-0.39, 0.29) is 0 Å². The molecule has 0 saturated heterocycles. The minimum Gasteiger partial charge on any atom is -0.316 e. The highest BCUT2D eigenvalue weighted by Crippen LogP contribution is 2.68. The van der Waals surface area contributed by atoms with Crippen LogP contribution in [0.5, 0.6) is 0 Å². The Morgan fingerprint density at radius 3 is 2.25 bits per heavy atom. The Morgan fingerprint density at radius 1 is 1.10 bits per heavy atom. The summed E-state index contributed by atoms with van der Waals surface area (Å²) in [6, 6.07) is 9.50. The number of benzene rings is 1. The summed E-state index contributed by atoms with van der Waals surface area (Å²) in [7, 11) is 0. The fraction of sp³-hybridized carbons (Fsp3) is 0.684. The second-order valence-electron chi connectivity index (χ2n) is 7.59. The fourth-order valence-corrected chi connectivity index (χ4v) is 4.07. The molecule has 1 spiro atoms. The summed E-state index contributed by atoms with van der Waals surface area (Å²) in [6.07, 6.45) is 7.02. The molecule has 1 heteroatoms. The molecule has 2 fully saturated rings. The lowest BCUT2D eigenvalue weighted by molar-refractivity contribution is 0.116. The highest BCUT2D eigenvalue weighted by molar-refractivity contribution is 5.36. The van der Waals surface area contributed by atoms with E-state index in [1.54, 1.807) is 5.56 Å². The maximum atomic E-state index is 3.68. The van der Waals surface area contributed by atoms with Crippen molar-refractivity contribution in [3.63, 3.8) is 0 Å². The number of nitrogens with one attached hydrogen (secondary N) is 1. The summed E-state index contributed by atoms with van der Waals surface area (Å²) in [5, 5.41) is 3.68. The van der Waals surface area contributed by atoms with Crippen molar-refractivity contribution >= 4 is 0 Å². The summed E-state index contributed by atoms with van der Waals surface area (Å²) in [5.74, 6) is 0.634. The third-order valence-corrected chi connectivity index (χ3v) is 5.46. The molecule has 0 aromatic heterocycles. The van der Waals surface area contributed by atoms with Crippen molar-refractivity contribution in [3.8, 4) is 0 Å². The van der Waals surface area contributed by atoms with E-state index in [0.29, 0.717) is 11.3 Å². The quantitative estimate of drug-likeness (QED) is 0.744. The number of hydrogen-bond donors (Lipinski definition) is 1. The average Bonchev–Trinajstić information content (AvgIpc) is 3.18. The Hall–Kier alpha value is -0.820. The summed E-state index contributed by atoms with van der Waals surface area (Å²) in [6.45, 7) is 9.12. The van der Waals surface area contributed by atoms with Crippen molar-refractivity contribution < 1.29 is 0 Å². The Morgan fingerprint density at radius 2 is 1.75 bits per heavy atom. The van der Waals surface area contributed by atoms with Gasteiger partial charge in [-0.15, -0.1) is 0 Å². The third kappa shape index (κ3) is 2.53. The summed E-state index contributed by atoms with van der Waals surface area (Å²) in [4.78, 5) is 0. The second kappa shape index (κ2) is 5.18. The molecule has 0 atom stereocenters.